The average molecular weight is 577 g/mol. The summed E-state index contributed by atoms with van der Waals surface area (Å²) in [7, 11) is 0. The van der Waals surface area contributed by atoms with E-state index >= 15 is 0 Å². The SMILES string of the molecule is Cc1nc2ccc(Br)cc2c(=O)n1N=Cc1c(OCc2ccc(Br)cc2)ccc2ccccc12. The van der Waals surface area contributed by atoms with Crippen molar-refractivity contribution in [2.75, 3.05) is 0 Å². The number of hydrogen-bond acceptors (Lipinski definition) is 4. The maximum atomic E-state index is 13.2. The Hall–Kier alpha value is -3.29. The predicted octanol–water partition coefficient (Wildman–Crippen LogP) is 6.84. The largest absolute Gasteiger partial charge is 0.488 e. The lowest BCUT2D eigenvalue weighted by Crippen LogP contribution is -2.20. The first-order valence-corrected chi connectivity index (χ1v) is 12.2. The van der Waals surface area contributed by atoms with Gasteiger partial charge in [-0.3, -0.25) is 4.79 Å². The third kappa shape index (κ3) is 4.54. The van der Waals surface area contributed by atoms with Crippen LogP contribution >= 0.6 is 31.9 Å². The van der Waals surface area contributed by atoms with Gasteiger partial charge >= 0.3 is 0 Å². The number of hydrogen-bond donors (Lipinski definition) is 0. The van der Waals surface area contributed by atoms with Crippen LogP contribution in [0.4, 0.5) is 0 Å². The molecule has 0 amide bonds. The van der Waals surface area contributed by atoms with Gasteiger partial charge in [-0.2, -0.15) is 9.78 Å². The average Bonchev–Trinajstić information content (AvgIpc) is 2.84. The fourth-order valence-corrected chi connectivity index (χ4v) is 4.41. The number of nitrogens with zero attached hydrogens (tertiary/aromatic N) is 3. The van der Waals surface area contributed by atoms with Gasteiger partial charge in [0.15, 0.2) is 0 Å². The summed E-state index contributed by atoms with van der Waals surface area (Å²) in [5, 5.41) is 7.10. The zero-order valence-electron chi connectivity index (χ0n) is 18.2. The maximum Gasteiger partial charge on any atom is 0.282 e. The van der Waals surface area contributed by atoms with Crippen molar-refractivity contribution in [3.8, 4) is 5.75 Å². The third-order valence-corrected chi connectivity index (χ3v) is 6.53. The van der Waals surface area contributed by atoms with Gasteiger partial charge < -0.3 is 4.74 Å². The van der Waals surface area contributed by atoms with Gasteiger partial charge in [0.2, 0.25) is 0 Å². The van der Waals surface area contributed by atoms with Crippen molar-refractivity contribution in [2.24, 2.45) is 5.10 Å². The van der Waals surface area contributed by atoms with Gasteiger partial charge in [-0.25, -0.2) is 4.98 Å². The molecule has 5 rings (SSSR count). The summed E-state index contributed by atoms with van der Waals surface area (Å²) in [5.41, 5.74) is 2.27. The highest BCUT2D eigenvalue weighted by Crippen LogP contribution is 2.28. The first kappa shape index (κ1) is 22.5. The van der Waals surface area contributed by atoms with E-state index in [-0.39, 0.29) is 5.56 Å². The Labute approximate surface area is 213 Å². The van der Waals surface area contributed by atoms with Crippen LogP contribution < -0.4 is 10.3 Å². The van der Waals surface area contributed by atoms with E-state index in [0.29, 0.717) is 29.1 Å². The smallest absolute Gasteiger partial charge is 0.282 e. The predicted molar refractivity (Wildman–Crippen MR) is 144 cm³/mol. The molecule has 0 aliphatic carbocycles. The standard InChI is InChI=1S/C27H19Br2N3O2/c1-17-31-25-12-11-21(29)14-23(25)27(33)32(17)30-15-24-22-5-3-2-4-19(22)8-13-26(24)34-16-18-6-9-20(28)10-7-18/h2-15H,16H2,1H3. The fraction of sp³-hybridized carbons (Fsp3) is 0.0741. The molecule has 0 fully saturated rings. The topological polar surface area (TPSA) is 56.5 Å². The molecule has 5 nitrogen and oxygen atoms in total. The molecular weight excluding hydrogens is 558 g/mol. The molecule has 0 atom stereocenters. The van der Waals surface area contributed by atoms with Crippen LogP contribution in [-0.4, -0.2) is 15.9 Å². The lowest BCUT2D eigenvalue weighted by atomic mass is 10.0. The molecule has 0 saturated heterocycles. The van der Waals surface area contributed by atoms with Crippen LogP contribution in [0, 0.1) is 6.92 Å². The Morgan fingerprint density at radius 1 is 0.941 bits per heavy atom. The van der Waals surface area contributed by atoms with Crippen LogP contribution in [0.25, 0.3) is 21.7 Å². The van der Waals surface area contributed by atoms with Gasteiger partial charge in [-0.1, -0.05) is 74.3 Å². The molecule has 168 valence electrons. The van der Waals surface area contributed by atoms with E-state index in [4.69, 9.17) is 4.74 Å². The highest BCUT2D eigenvalue weighted by molar-refractivity contribution is 9.10. The monoisotopic (exact) mass is 575 g/mol. The van der Waals surface area contributed by atoms with Crippen molar-refractivity contribution in [3.05, 3.63) is 115 Å². The van der Waals surface area contributed by atoms with Gasteiger partial charge in [0, 0.05) is 14.5 Å². The van der Waals surface area contributed by atoms with E-state index < -0.39 is 0 Å². The molecule has 0 N–H and O–H groups in total. The Kier molecular flexibility index (Phi) is 6.30. The van der Waals surface area contributed by atoms with E-state index in [2.05, 4.69) is 41.9 Å². The Morgan fingerprint density at radius 2 is 1.71 bits per heavy atom. The molecule has 0 saturated carbocycles. The normalized spacial score (nSPS) is 11.5. The van der Waals surface area contributed by atoms with Gasteiger partial charge in [-0.05, 0) is 59.7 Å². The quantitative estimate of drug-likeness (QED) is 0.215. The van der Waals surface area contributed by atoms with Crippen molar-refractivity contribution in [1.82, 2.24) is 9.66 Å². The molecular formula is C27H19Br2N3O2. The van der Waals surface area contributed by atoms with E-state index in [1.807, 2.05) is 72.8 Å². The molecule has 0 bridgehead atoms. The number of benzene rings is 4. The van der Waals surface area contributed by atoms with Crippen molar-refractivity contribution in [2.45, 2.75) is 13.5 Å². The van der Waals surface area contributed by atoms with Crippen LogP contribution in [0.5, 0.6) is 5.75 Å². The maximum absolute atomic E-state index is 13.2. The highest BCUT2D eigenvalue weighted by atomic mass is 79.9. The molecule has 0 spiro atoms. The minimum absolute atomic E-state index is 0.224. The van der Waals surface area contributed by atoms with Crippen LogP contribution in [-0.2, 0) is 6.61 Å². The number of aryl methyl sites for hydroxylation is 1. The summed E-state index contributed by atoms with van der Waals surface area (Å²) < 4.78 is 9.35. The van der Waals surface area contributed by atoms with Crippen LogP contribution in [0.3, 0.4) is 0 Å². The molecule has 0 aliphatic rings. The minimum atomic E-state index is -0.224. The van der Waals surface area contributed by atoms with Gasteiger partial charge in [0.05, 0.1) is 17.1 Å². The summed E-state index contributed by atoms with van der Waals surface area (Å²) in [6, 6.07) is 25.5. The molecule has 1 heterocycles. The summed E-state index contributed by atoms with van der Waals surface area (Å²) in [6.07, 6.45) is 1.68. The summed E-state index contributed by atoms with van der Waals surface area (Å²) >= 11 is 6.89. The Morgan fingerprint density at radius 3 is 2.53 bits per heavy atom. The zero-order chi connectivity index (χ0) is 23.7. The molecule has 34 heavy (non-hydrogen) atoms. The number of ether oxygens (including phenoxy) is 1. The number of halogens is 2. The molecule has 4 aromatic carbocycles. The van der Waals surface area contributed by atoms with Crippen LogP contribution in [0.2, 0.25) is 0 Å². The van der Waals surface area contributed by atoms with Crippen molar-refractivity contribution < 1.29 is 4.74 Å². The first-order chi connectivity index (χ1) is 16.5. The highest BCUT2D eigenvalue weighted by Gasteiger charge is 2.11. The van der Waals surface area contributed by atoms with Crippen molar-refractivity contribution >= 4 is 59.7 Å². The molecule has 5 aromatic rings. The Bertz CT molecular complexity index is 1610. The second-order valence-corrected chi connectivity index (χ2v) is 9.63. The van der Waals surface area contributed by atoms with Crippen molar-refractivity contribution in [1.29, 1.82) is 0 Å². The van der Waals surface area contributed by atoms with E-state index in [1.165, 1.54) is 4.68 Å². The van der Waals surface area contributed by atoms with Crippen LogP contribution in [0.15, 0.2) is 97.7 Å². The molecule has 7 heteroatoms. The molecule has 0 aliphatic heterocycles. The van der Waals surface area contributed by atoms with E-state index in [0.717, 1.165) is 30.8 Å². The summed E-state index contributed by atoms with van der Waals surface area (Å²) in [4.78, 5) is 17.7. The lowest BCUT2D eigenvalue weighted by Gasteiger charge is -2.12. The second kappa shape index (κ2) is 9.52. The number of aromatic nitrogens is 2. The summed E-state index contributed by atoms with van der Waals surface area (Å²) in [5.74, 6) is 1.20. The lowest BCUT2D eigenvalue weighted by molar-refractivity contribution is 0.306. The first-order valence-electron chi connectivity index (χ1n) is 10.6. The van der Waals surface area contributed by atoms with Crippen molar-refractivity contribution in [3.63, 3.8) is 0 Å². The van der Waals surface area contributed by atoms with Gasteiger partial charge in [0.1, 0.15) is 18.2 Å². The third-order valence-electron chi connectivity index (χ3n) is 5.51. The zero-order valence-corrected chi connectivity index (χ0v) is 21.4. The molecule has 0 radical (unpaired) electrons. The summed E-state index contributed by atoms with van der Waals surface area (Å²) in [6.45, 7) is 2.19. The van der Waals surface area contributed by atoms with Crippen LogP contribution in [0.1, 0.15) is 17.0 Å². The second-order valence-electron chi connectivity index (χ2n) is 7.80. The van der Waals surface area contributed by atoms with E-state index in [1.54, 1.807) is 19.2 Å². The fourth-order valence-electron chi connectivity index (χ4n) is 3.79. The van der Waals surface area contributed by atoms with Gasteiger partial charge in [-0.15, -0.1) is 0 Å². The molecule has 0 unspecified atom stereocenters. The minimum Gasteiger partial charge on any atom is -0.488 e. The number of fused-ring (bicyclic) bond motifs is 2. The van der Waals surface area contributed by atoms with Gasteiger partial charge in [0.25, 0.3) is 5.56 Å². The Balaban J connectivity index is 1.58. The van der Waals surface area contributed by atoms with E-state index in [9.17, 15) is 4.79 Å². The molecule has 1 aromatic heterocycles. The number of rotatable bonds is 5.